The number of rotatable bonds is 28. The molecule has 2 aliphatic rings. The van der Waals surface area contributed by atoms with E-state index in [2.05, 4.69) is 4.90 Å². The molecule has 2 heterocycles. The van der Waals surface area contributed by atoms with E-state index in [4.69, 9.17) is 24.1 Å². The lowest BCUT2D eigenvalue weighted by Crippen LogP contribution is -2.33. The summed E-state index contributed by atoms with van der Waals surface area (Å²) in [5, 5.41) is 9.15. The number of carboxylic acid groups (broad SMARTS) is 1. The number of methoxy groups -OCH3 is 2. The molecule has 2 aliphatic heterocycles. The van der Waals surface area contributed by atoms with E-state index >= 15 is 0 Å². The van der Waals surface area contributed by atoms with Crippen molar-refractivity contribution in [2.75, 3.05) is 77.6 Å². The molecule has 0 bridgehead atoms. The molecule has 17 nitrogen and oxygen atoms in total. The fourth-order valence-electron chi connectivity index (χ4n) is 8.04. The minimum Gasteiger partial charge on any atom is -0.744 e. The second kappa shape index (κ2) is 23.4. The number of carbonyl (C=O) groups is 1. The Hall–Kier alpha value is -4.09. The van der Waals surface area contributed by atoms with Crippen molar-refractivity contribution < 1.29 is 72.3 Å². The van der Waals surface area contributed by atoms with Gasteiger partial charge in [-0.1, -0.05) is 36.8 Å². The van der Waals surface area contributed by atoms with Crippen LogP contribution >= 0.6 is 0 Å². The zero-order chi connectivity index (χ0) is 47.2. The first-order valence-electron chi connectivity index (χ1n) is 20.8. The van der Waals surface area contributed by atoms with Gasteiger partial charge in [-0.3, -0.25) is 13.9 Å². The minimum atomic E-state index is -4.81. The minimum absolute atomic E-state index is 0.0451. The molecule has 20 heteroatoms. The molecule has 0 saturated carbocycles. The number of benzene rings is 2. The topological polar surface area (TPSA) is 246 Å². The van der Waals surface area contributed by atoms with E-state index < -0.39 is 57.8 Å². The molecule has 3 N–H and O–H groups in total. The number of anilines is 1. The Labute approximate surface area is 377 Å². The van der Waals surface area contributed by atoms with E-state index in [1.165, 1.54) is 30.3 Å². The summed E-state index contributed by atoms with van der Waals surface area (Å²) in [5.41, 5.74) is 2.42. The van der Waals surface area contributed by atoms with Crippen LogP contribution in [0.1, 0.15) is 69.9 Å². The summed E-state index contributed by atoms with van der Waals surface area (Å²) in [6, 6.07) is 8.59. The Morgan fingerprint density at radius 3 is 1.97 bits per heavy atom. The van der Waals surface area contributed by atoms with Crippen LogP contribution < -0.4 is 4.90 Å². The smallest absolute Gasteiger partial charge is 0.303 e. The normalized spacial score (nSPS) is 19.9. The average molecular weight is 953 g/mol. The van der Waals surface area contributed by atoms with E-state index in [0.29, 0.717) is 94.2 Å². The first-order valence-corrected chi connectivity index (χ1v) is 25.3. The van der Waals surface area contributed by atoms with Crippen LogP contribution in [0.5, 0.6) is 0 Å². The van der Waals surface area contributed by atoms with Gasteiger partial charge in [0.25, 0.3) is 20.2 Å². The summed E-state index contributed by atoms with van der Waals surface area (Å²) in [4.78, 5) is 12.6. The van der Waals surface area contributed by atoms with Gasteiger partial charge >= 0.3 is 5.97 Å². The fraction of sp³-hybridized carbons (Fsp3) is 0.500. The van der Waals surface area contributed by atoms with Crippen molar-refractivity contribution in [3.05, 3.63) is 95.8 Å². The predicted molar refractivity (Wildman–Crippen MR) is 240 cm³/mol. The molecule has 2 aromatic carbocycles. The largest absolute Gasteiger partial charge is 0.744 e. The summed E-state index contributed by atoms with van der Waals surface area (Å²) in [5.74, 6) is -1.38. The third kappa shape index (κ3) is 14.2. The van der Waals surface area contributed by atoms with Gasteiger partial charge in [-0.15, -0.1) is 0 Å². The molecule has 0 aliphatic carbocycles. The molecular formula is C44H60N2O15S3. The van der Waals surface area contributed by atoms with E-state index in [1.807, 2.05) is 36.7 Å². The van der Waals surface area contributed by atoms with Crippen molar-refractivity contribution in [1.29, 1.82) is 0 Å². The van der Waals surface area contributed by atoms with Crippen LogP contribution in [0.25, 0.3) is 0 Å². The highest BCUT2D eigenvalue weighted by Gasteiger charge is 2.48. The van der Waals surface area contributed by atoms with Gasteiger partial charge < -0.3 is 33.5 Å². The Kier molecular flexibility index (Phi) is 19.2. The van der Waals surface area contributed by atoms with Crippen molar-refractivity contribution in [2.24, 2.45) is 0 Å². The quantitative estimate of drug-likeness (QED) is 0.0409. The van der Waals surface area contributed by atoms with Crippen LogP contribution in [0.2, 0.25) is 0 Å². The van der Waals surface area contributed by atoms with E-state index in [0.717, 1.165) is 11.4 Å². The van der Waals surface area contributed by atoms with E-state index in [9.17, 15) is 43.7 Å². The van der Waals surface area contributed by atoms with Gasteiger partial charge in [0.15, 0.2) is 5.71 Å². The molecule has 64 heavy (non-hydrogen) atoms. The third-order valence-corrected chi connectivity index (χ3v) is 13.9. The van der Waals surface area contributed by atoms with Crippen molar-refractivity contribution in [2.45, 2.75) is 79.4 Å². The van der Waals surface area contributed by atoms with Crippen LogP contribution in [-0.2, 0) is 64.9 Å². The second-order valence-corrected chi connectivity index (χ2v) is 20.2. The number of hydrogen-bond acceptors (Lipinski definition) is 13. The van der Waals surface area contributed by atoms with Crippen LogP contribution in [0.15, 0.2) is 94.4 Å². The summed E-state index contributed by atoms with van der Waals surface area (Å²) < 4.78 is 127. The molecule has 0 fully saturated rings. The number of hydrogen-bond donors (Lipinski definition) is 3. The number of carboxylic acids is 1. The van der Waals surface area contributed by atoms with Gasteiger partial charge in [0.2, 0.25) is 5.69 Å². The number of allylic oxidation sites excluding steroid dienone is 8. The SMILES string of the molecule is COCCOCCC1(C)C(=CC=CC=CC=CC2=[N+](CCCS(=O)(=O)O)c3ccc(S(=O)(=O)[O-])cc3C2(C)CCOCCOC)N(CCCCCC(=O)O)c2ccc(S(=O)(=O)O)cc21. The molecular weight excluding hydrogens is 893 g/mol. The molecule has 2 aromatic rings. The number of unbranched alkanes of at least 4 members (excludes halogenated alkanes) is 2. The Morgan fingerprint density at radius 1 is 0.750 bits per heavy atom. The van der Waals surface area contributed by atoms with Crippen molar-refractivity contribution in [3.63, 3.8) is 0 Å². The maximum absolute atomic E-state index is 12.3. The van der Waals surface area contributed by atoms with E-state index in [1.54, 1.807) is 44.6 Å². The molecule has 2 atom stereocenters. The second-order valence-electron chi connectivity index (χ2n) is 15.9. The van der Waals surface area contributed by atoms with Crippen LogP contribution in [-0.4, -0.2) is 133 Å². The summed E-state index contributed by atoms with van der Waals surface area (Å²) in [6.07, 6.45) is 15.4. The molecule has 0 saturated heterocycles. The summed E-state index contributed by atoms with van der Waals surface area (Å²) in [6.45, 7) is 6.50. The molecule has 0 amide bonds. The standard InChI is InChI=1S/C44H60N2O15S3/c1-43(21-25-60-29-27-58-3)36-32-34(63(52,53)54)17-19-38(36)45(23-12-8-11-16-42(47)48)40(43)14-9-6-5-7-10-15-41-44(2,22-26-61-30-28-59-4)37-33-35(64(55,56)57)18-20-39(37)46(41)24-13-31-62(49,50)51/h5-7,9-10,14-15,17-20,32-33H,8,11-13,16,21-31H2,1-4H3,(H3-,47,48,49,50,51,52,53,54,55,56,57). The number of nitrogens with zero attached hydrogens (tertiary/aromatic N) is 2. The predicted octanol–water partition coefficient (Wildman–Crippen LogP) is 5.55. The van der Waals surface area contributed by atoms with E-state index in [-0.39, 0.29) is 30.9 Å². The lowest BCUT2D eigenvalue weighted by atomic mass is 9.76. The molecule has 2 unspecified atom stereocenters. The molecule has 0 spiro atoms. The molecule has 4 rings (SSSR count). The molecule has 0 aromatic heterocycles. The Bertz CT molecular complexity index is 2450. The van der Waals surface area contributed by atoms with Gasteiger partial charge in [-0.05, 0) is 81.5 Å². The van der Waals surface area contributed by atoms with Crippen LogP contribution in [0.3, 0.4) is 0 Å². The first-order chi connectivity index (χ1) is 30.2. The highest BCUT2D eigenvalue weighted by Crippen LogP contribution is 2.51. The van der Waals surface area contributed by atoms with Gasteiger partial charge in [0.05, 0.1) is 47.4 Å². The number of aliphatic carboxylic acids is 1. The van der Waals surface area contributed by atoms with Crippen molar-refractivity contribution in [1.82, 2.24) is 0 Å². The highest BCUT2D eigenvalue weighted by molar-refractivity contribution is 7.86. The van der Waals surface area contributed by atoms with Gasteiger partial charge in [-0.25, -0.2) is 8.42 Å². The fourth-order valence-corrected chi connectivity index (χ4v) is 9.54. The summed E-state index contributed by atoms with van der Waals surface area (Å²) >= 11 is 0. The van der Waals surface area contributed by atoms with Crippen molar-refractivity contribution >= 4 is 53.4 Å². The number of fused-ring (bicyclic) bond motifs is 2. The van der Waals surface area contributed by atoms with Crippen LogP contribution in [0.4, 0.5) is 11.4 Å². The lowest BCUT2D eigenvalue weighted by molar-refractivity contribution is -0.437. The zero-order valence-electron chi connectivity index (χ0n) is 36.7. The van der Waals surface area contributed by atoms with Gasteiger partial charge in [0.1, 0.15) is 16.7 Å². The zero-order valence-corrected chi connectivity index (χ0v) is 39.1. The van der Waals surface area contributed by atoms with Gasteiger partial charge in [-0.2, -0.15) is 21.4 Å². The average Bonchev–Trinajstić information content (AvgIpc) is 3.58. The monoisotopic (exact) mass is 952 g/mol. The molecule has 0 radical (unpaired) electrons. The highest BCUT2D eigenvalue weighted by atomic mass is 32.2. The first kappa shape index (κ1) is 52.5. The summed E-state index contributed by atoms with van der Waals surface area (Å²) in [7, 11) is -10.5. The number of ether oxygens (including phenoxy) is 4. The molecule has 354 valence electrons. The van der Waals surface area contributed by atoms with Crippen molar-refractivity contribution in [3.8, 4) is 0 Å². The lowest BCUT2D eigenvalue weighted by Gasteiger charge is -2.30. The maximum Gasteiger partial charge on any atom is 0.303 e. The third-order valence-electron chi connectivity index (χ3n) is 11.4. The Balaban J connectivity index is 1.72. The van der Waals surface area contributed by atoms with Crippen LogP contribution in [0, 0.1) is 0 Å². The van der Waals surface area contributed by atoms with Gasteiger partial charge in [0, 0.05) is 81.3 Å². The Morgan fingerprint density at radius 2 is 1.36 bits per heavy atom. The maximum atomic E-state index is 12.3.